The Kier molecular flexibility index (Phi) is 13.3. The summed E-state index contributed by atoms with van der Waals surface area (Å²) < 4.78 is 9.80. The summed E-state index contributed by atoms with van der Waals surface area (Å²) in [6.45, 7) is 6.58. The molecule has 5 atom stereocenters. The number of ether oxygens (including phenoxy) is 2. The molecule has 2 unspecified atom stereocenters. The third-order valence-corrected chi connectivity index (χ3v) is 9.89. The van der Waals surface area contributed by atoms with Crippen LogP contribution in [0.25, 0.3) is 0 Å². The number of aliphatic hydroxyl groups excluding tert-OH is 1. The number of likely N-dealkylation sites (tertiary alicyclic amines) is 2. The third kappa shape index (κ3) is 9.76. The van der Waals surface area contributed by atoms with Gasteiger partial charge in [-0.25, -0.2) is 14.1 Å². The summed E-state index contributed by atoms with van der Waals surface area (Å²) in [5.41, 5.74) is 7.02. The van der Waals surface area contributed by atoms with Gasteiger partial charge < -0.3 is 30.5 Å². The lowest BCUT2D eigenvalue weighted by Crippen LogP contribution is -2.71. The number of carbonyl (C=O) groups is 5. The standard InChI is InChI=1S/C38H52N4O8/c1-38(2,3)50-33(44)25-40-29-17-19-41(20-18-29)32(43)24-28(22-26-12-7-5-8-13-26)36(47)42(21-11-16-30(42)35(39)46)31(34(45)37(48)49-4)23-27-14-9-6-10-15-27/h5-10,12-15,28-31,34,40,45H,11,16-25H2,1-4H3,(H-,39,46)/p+1/t28-,30+,31?,34-,42?/m1/s1. The first-order valence-electron chi connectivity index (χ1n) is 17.5. The monoisotopic (exact) mass is 693 g/mol. The number of benzene rings is 2. The lowest BCUT2D eigenvalue weighted by Gasteiger charge is -2.45. The van der Waals surface area contributed by atoms with Gasteiger partial charge in [-0.2, -0.15) is 0 Å². The molecule has 12 heteroatoms. The van der Waals surface area contributed by atoms with Gasteiger partial charge in [0, 0.05) is 44.8 Å². The number of hydrogen-bond acceptors (Lipinski definition) is 9. The van der Waals surface area contributed by atoms with Crippen LogP contribution in [0.4, 0.5) is 0 Å². The zero-order valence-corrected chi connectivity index (χ0v) is 29.7. The van der Waals surface area contributed by atoms with Crippen molar-refractivity contribution in [3.05, 3.63) is 71.8 Å². The minimum Gasteiger partial charge on any atom is -0.467 e. The van der Waals surface area contributed by atoms with Gasteiger partial charge in [-0.15, -0.1) is 0 Å². The highest BCUT2D eigenvalue weighted by molar-refractivity contribution is 5.87. The first kappa shape index (κ1) is 38.7. The second-order valence-electron chi connectivity index (χ2n) is 14.5. The Balaban J connectivity index is 1.62. The molecule has 3 amide bonds. The van der Waals surface area contributed by atoms with E-state index in [1.54, 1.807) is 4.90 Å². The summed E-state index contributed by atoms with van der Waals surface area (Å²) >= 11 is 0. The molecular weight excluding hydrogens is 640 g/mol. The predicted octanol–water partition coefficient (Wildman–Crippen LogP) is 2.29. The molecule has 2 aliphatic heterocycles. The molecule has 2 aliphatic rings. The molecule has 0 bridgehead atoms. The highest BCUT2D eigenvalue weighted by Gasteiger charge is 2.60. The maximum Gasteiger partial charge on any atom is 0.341 e. The molecule has 2 saturated heterocycles. The van der Waals surface area contributed by atoms with Crippen molar-refractivity contribution >= 4 is 29.7 Å². The fourth-order valence-corrected chi connectivity index (χ4v) is 7.55. The highest BCUT2D eigenvalue weighted by atomic mass is 16.6. The van der Waals surface area contributed by atoms with Crippen molar-refractivity contribution in [1.29, 1.82) is 0 Å². The van der Waals surface area contributed by atoms with Gasteiger partial charge in [0.1, 0.15) is 11.6 Å². The summed E-state index contributed by atoms with van der Waals surface area (Å²) in [4.78, 5) is 69.2. The number of carbonyl (C=O) groups excluding carboxylic acids is 5. The average molecular weight is 694 g/mol. The number of quaternary nitrogens is 1. The van der Waals surface area contributed by atoms with E-state index in [2.05, 4.69) is 5.32 Å². The van der Waals surface area contributed by atoms with Crippen LogP contribution in [0.5, 0.6) is 0 Å². The second kappa shape index (κ2) is 17.2. The number of nitrogens with two attached hydrogens (primary N) is 1. The van der Waals surface area contributed by atoms with E-state index in [4.69, 9.17) is 15.2 Å². The molecule has 0 saturated carbocycles. The molecule has 4 N–H and O–H groups in total. The number of piperidine rings is 1. The summed E-state index contributed by atoms with van der Waals surface area (Å²) in [7, 11) is 1.17. The second-order valence-corrected chi connectivity index (χ2v) is 14.5. The molecule has 50 heavy (non-hydrogen) atoms. The number of methoxy groups -OCH3 is 1. The van der Waals surface area contributed by atoms with E-state index in [9.17, 15) is 24.3 Å². The minimum atomic E-state index is -1.73. The molecule has 4 rings (SSSR count). The Bertz CT molecular complexity index is 1470. The van der Waals surface area contributed by atoms with Gasteiger partial charge >= 0.3 is 17.8 Å². The number of primary amides is 1. The molecule has 12 nitrogen and oxygen atoms in total. The smallest absolute Gasteiger partial charge is 0.341 e. The lowest BCUT2D eigenvalue weighted by atomic mass is 9.88. The van der Waals surface area contributed by atoms with Crippen molar-refractivity contribution in [1.82, 2.24) is 10.2 Å². The molecule has 0 aromatic heterocycles. The van der Waals surface area contributed by atoms with Crippen LogP contribution < -0.4 is 11.1 Å². The molecule has 0 spiro atoms. The Morgan fingerprint density at radius 3 is 2.06 bits per heavy atom. The Morgan fingerprint density at radius 2 is 1.52 bits per heavy atom. The quantitative estimate of drug-likeness (QED) is 0.199. The number of amides is 3. The maximum atomic E-state index is 15.2. The van der Waals surface area contributed by atoms with Crippen LogP contribution in [0.2, 0.25) is 0 Å². The molecule has 0 aliphatic carbocycles. The van der Waals surface area contributed by atoms with E-state index in [1.807, 2.05) is 81.4 Å². The van der Waals surface area contributed by atoms with E-state index in [0.717, 1.165) is 11.1 Å². The van der Waals surface area contributed by atoms with E-state index in [-0.39, 0.29) is 50.3 Å². The van der Waals surface area contributed by atoms with E-state index in [1.165, 1.54) is 7.11 Å². The number of hydrogen-bond donors (Lipinski definition) is 3. The Morgan fingerprint density at radius 1 is 0.940 bits per heavy atom. The Labute approximate surface area is 294 Å². The molecule has 272 valence electrons. The molecular formula is C38H53N4O8+. The van der Waals surface area contributed by atoms with Crippen LogP contribution in [0.15, 0.2) is 60.7 Å². The van der Waals surface area contributed by atoms with Crippen molar-refractivity contribution < 1.29 is 43.0 Å². The van der Waals surface area contributed by atoms with Crippen molar-refractivity contribution in [3.63, 3.8) is 0 Å². The van der Waals surface area contributed by atoms with Crippen molar-refractivity contribution in [3.8, 4) is 0 Å². The van der Waals surface area contributed by atoms with Gasteiger partial charge in [0.25, 0.3) is 5.91 Å². The van der Waals surface area contributed by atoms with Gasteiger partial charge in [0.15, 0.2) is 6.04 Å². The van der Waals surface area contributed by atoms with E-state index in [0.29, 0.717) is 38.8 Å². The molecule has 2 aromatic rings. The summed E-state index contributed by atoms with van der Waals surface area (Å²) in [6.07, 6.45) is 0.482. The average Bonchev–Trinajstić information content (AvgIpc) is 3.55. The number of nitrogens with zero attached hydrogens (tertiary/aromatic N) is 2. The van der Waals surface area contributed by atoms with Gasteiger partial charge in [0.2, 0.25) is 12.0 Å². The number of nitrogens with one attached hydrogen (secondary N) is 1. The normalized spacial score (nSPS) is 21.5. The first-order chi connectivity index (χ1) is 23.7. The van der Waals surface area contributed by atoms with E-state index < -0.39 is 52.0 Å². The number of esters is 2. The highest BCUT2D eigenvalue weighted by Crippen LogP contribution is 2.38. The summed E-state index contributed by atoms with van der Waals surface area (Å²) in [5, 5.41) is 14.8. The van der Waals surface area contributed by atoms with Crippen LogP contribution in [-0.4, -0.2) is 107 Å². The van der Waals surface area contributed by atoms with Crippen LogP contribution in [0.3, 0.4) is 0 Å². The fraction of sp³-hybridized carbons (Fsp3) is 0.553. The maximum absolute atomic E-state index is 15.2. The van der Waals surface area contributed by atoms with Gasteiger partial charge in [0.05, 0.1) is 26.1 Å². The van der Waals surface area contributed by atoms with Gasteiger partial charge in [-0.05, 0) is 51.2 Å². The third-order valence-electron chi connectivity index (χ3n) is 9.89. The topological polar surface area (TPSA) is 165 Å². The lowest BCUT2D eigenvalue weighted by molar-refractivity contribution is -0.886. The SMILES string of the molecule is COC(=O)[C@H](O)C(Cc1ccccc1)[N+]1(C(=O)[C@@H](CC(=O)N2CCC(NCC(=O)OC(C)(C)C)CC2)Cc2ccccc2)CCC[C@H]1C(N)=O. The van der Waals surface area contributed by atoms with Crippen LogP contribution >= 0.6 is 0 Å². The van der Waals surface area contributed by atoms with Crippen molar-refractivity contribution in [2.24, 2.45) is 11.7 Å². The van der Waals surface area contributed by atoms with Gasteiger partial charge in [-0.3, -0.25) is 14.4 Å². The molecule has 2 heterocycles. The molecule has 2 aromatic carbocycles. The van der Waals surface area contributed by atoms with Crippen LogP contribution in [-0.2, 0) is 46.3 Å². The van der Waals surface area contributed by atoms with E-state index >= 15 is 4.79 Å². The summed E-state index contributed by atoms with van der Waals surface area (Å²) in [5.74, 6) is -3.43. The zero-order chi connectivity index (χ0) is 36.5. The van der Waals surface area contributed by atoms with Crippen LogP contribution in [0.1, 0.15) is 64.0 Å². The fourth-order valence-electron chi connectivity index (χ4n) is 7.55. The van der Waals surface area contributed by atoms with Crippen molar-refractivity contribution in [2.45, 2.75) is 95.5 Å². The van der Waals surface area contributed by atoms with Crippen LogP contribution in [0, 0.1) is 5.92 Å². The molecule has 2 fully saturated rings. The first-order valence-corrected chi connectivity index (χ1v) is 17.5. The van der Waals surface area contributed by atoms with Gasteiger partial charge in [-0.1, -0.05) is 60.7 Å². The summed E-state index contributed by atoms with van der Waals surface area (Å²) in [6, 6.07) is 16.5. The predicted molar refractivity (Wildman–Crippen MR) is 186 cm³/mol. The number of aliphatic hydroxyl groups is 1. The minimum absolute atomic E-state index is 0.0293. The Hall–Kier alpha value is -4.13. The number of rotatable bonds is 14. The molecule has 0 radical (unpaired) electrons. The largest absolute Gasteiger partial charge is 0.467 e. The zero-order valence-electron chi connectivity index (χ0n) is 29.7. The van der Waals surface area contributed by atoms with Crippen molar-refractivity contribution in [2.75, 3.05) is 33.3 Å².